The van der Waals surface area contributed by atoms with Crippen molar-refractivity contribution in [3.05, 3.63) is 0 Å². The summed E-state index contributed by atoms with van der Waals surface area (Å²) in [6.07, 6.45) is 6.13. The van der Waals surface area contributed by atoms with E-state index < -0.39 is 24.6 Å². The van der Waals surface area contributed by atoms with Gasteiger partial charge in [-0.2, -0.15) is 0 Å². The monoisotopic (exact) mass is 332 g/mol. The Hall–Kier alpha value is -0.690. The van der Waals surface area contributed by atoms with Crippen molar-refractivity contribution in [2.75, 3.05) is 6.61 Å². The molecule has 136 valence electrons. The molecule has 0 aromatic heterocycles. The Labute approximate surface area is 138 Å². The molecule has 0 bridgehead atoms. The van der Waals surface area contributed by atoms with Crippen LogP contribution in [0, 0.1) is 0 Å². The van der Waals surface area contributed by atoms with Gasteiger partial charge in [0, 0.05) is 6.42 Å². The van der Waals surface area contributed by atoms with Crippen molar-refractivity contribution in [3.8, 4) is 0 Å². The molecule has 0 spiro atoms. The second-order valence-corrected chi connectivity index (χ2v) is 6.31. The maximum Gasteiger partial charge on any atom is 0.305 e. The van der Waals surface area contributed by atoms with Crippen molar-refractivity contribution in [1.82, 2.24) is 0 Å². The molecule has 1 aliphatic rings. The molecule has 1 saturated heterocycles. The molecule has 0 aromatic carbocycles. The molecule has 6 heteroatoms. The number of hydrogen-bond acceptors (Lipinski definition) is 6. The zero-order valence-electron chi connectivity index (χ0n) is 14.2. The number of hydrogen-bond donors (Lipinski definition) is 3. The Bertz CT molecular complexity index is 322. The summed E-state index contributed by atoms with van der Waals surface area (Å²) in [5.74, 6) is -0.334. The Morgan fingerprint density at radius 3 is 2.00 bits per heavy atom. The third-order valence-corrected chi connectivity index (χ3v) is 4.23. The first-order valence-electron chi connectivity index (χ1n) is 8.91. The third-order valence-electron chi connectivity index (χ3n) is 4.23. The standard InChI is InChI=1S/C17H32O6/c1-2-3-4-5-6-7-8-9-10-11-14(18)22-12-13-15(19)16(20)17(21)23-13/h13,15-17,19-21H,2-12H2,1H3/t13-,15-,16-,17?/m1/s1. The number of ether oxygens (including phenoxy) is 2. The highest BCUT2D eigenvalue weighted by atomic mass is 16.7. The van der Waals surface area contributed by atoms with Crippen molar-refractivity contribution in [1.29, 1.82) is 0 Å². The van der Waals surface area contributed by atoms with Gasteiger partial charge < -0.3 is 24.8 Å². The maximum absolute atomic E-state index is 11.6. The second-order valence-electron chi connectivity index (χ2n) is 6.31. The Morgan fingerprint density at radius 2 is 1.48 bits per heavy atom. The predicted octanol–water partition coefficient (Wildman–Crippen LogP) is 1.89. The topological polar surface area (TPSA) is 96.2 Å². The number of unbranched alkanes of at least 4 members (excludes halogenated alkanes) is 8. The van der Waals surface area contributed by atoms with Crippen LogP contribution < -0.4 is 0 Å². The van der Waals surface area contributed by atoms with Gasteiger partial charge in [-0.25, -0.2) is 0 Å². The molecular weight excluding hydrogens is 300 g/mol. The molecule has 0 aliphatic carbocycles. The molecule has 4 atom stereocenters. The van der Waals surface area contributed by atoms with Crippen LogP contribution in [0.4, 0.5) is 0 Å². The molecule has 0 aromatic rings. The molecule has 1 heterocycles. The number of rotatable bonds is 12. The number of aliphatic hydroxyl groups excluding tert-OH is 3. The van der Waals surface area contributed by atoms with Gasteiger partial charge in [0.15, 0.2) is 6.29 Å². The van der Waals surface area contributed by atoms with E-state index in [0.717, 1.165) is 19.3 Å². The minimum absolute atomic E-state index is 0.147. The van der Waals surface area contributed by atoms with Crippen LogP contribution in [0.1, 0.15) is 71.1 Å². The summed E-state index contributed by atoms with van der Waals surface area (Å²) in [6, 6.07) is 0. The molecule has 0 amide bonds. The summed E-state index contributed by atoms with van der Waals surface area (Å²) in [7, 11) is 0. The SMILES string of the molecule is CCCCCCCCCCCC(=O)OC[C@H]1OC(O)[C@H](O)[C@@H]1O. The highest BCUT2D eigenvalue weighted by Crippen LogP contribution is 2.20. The van der Waals surface area contributed by atoms with Crippen LogP contribution in [0.2, 0.25) is 0 Å². The fraction of sp³-hybridized carbons (Fsp3) is 0.941. The van der Waals surface area contributed by atoms with Crippen molar-refractivity contribution >= 4 is 5.97 Å². The summed E-state index contributed by atoms with van der Waals surface area (Å²) >= 11 is 0. The normalized spacial score (nSPS) is 27.3. The first-order chi connectivity index (χ1) is 11.1. The van der Waals surface area contributed by atoms with Gasteiger partial charge in [0.1, 0.15) is 24.9 Å². The van der Waals surface area contributed by atoms with E-state index in [4.69, 9.17) is 9.47 Å². The predicted molar refractivity (Wildman–Crippen MR) is 85.7 cm³/mol. The van der Waals surface area contributed by atoms with E-state index in [1.54, 1.807) is 0 Å². The molecular formula is C17H32O6. The Kier molecular flexibility index (Phi) is 10.4. The Balaban J connectivity index is 1.95. The number of esters is 1. The molecule has 3 N–H and O–H groups in total. The highest BCUT2D eigenvalue weighted by Gasteiger charge is 2.42. The first-order valence-corrected chi connectivity index (χ1v) is 8.91. The van der Waals surface area contributed by atoms with Crippen LogP contribution in [-0.2, 0) is 14.3 Å². The fourth-order valence-corrected chi connectivity index (χ4v) is 2.69. The first kappa shape index (κ1) is 20.4. The summed E-state index contributed by atoms with van der Waals surface area (Å²) in [5.41, 5.74) is 0. The lowest BCUT2D eigenvalue weighted by Crippen LogP contribution is -2.34. The average molecular weight is 332 g/mol. The quantitative estimate of drug-likeness (QED) is 0.373. The summed E-state index contributed by atoms with van der Waals surface area (Å²) in [6.45, 7) is 2.06. The minimum Gasteiger partial charge on any atom is -0.463 e. The van der Waals surface area contributed by atoms with E-state index >= 15 is 0 Å². The summed E-state index contributed by atoms with van der Waals surface area (Å²) in [4.78, 5) is 11.6. The highest BCUT2D eigenvalue weighted by molar-refractivity contribution is 5.69. The fourth-order valence-electron chi connectivity index (χ4n) is 2.69. The number of aliphatic hydroxyl groups is 3. The molecule has 23 heavy (non-hydrogen) atoms. The van der Waals surface area contributed by atoms with E-state index in [9.17, 15) is 20.1 Å². The smallest absolute Gasteiger partial charge is 0.305 e. The zero-order chi connectivity index (χ0) is 17.1. The maximum atomic E-state index is 11.6. The van der Waals surface area contributed by atoms with Gasteiger partial charge >= 0.3 is 5.97 Å². The van der Waals surface area contributed by atoms with Gasteiger partial charge in [-0.05, 0) is 6.42 Å². The summed E-state index contributed by atoms with van der Waals surface area (Å²) in [5, 5.41) is 28.1. The second kappa shape index (κ2) is 11.8. The van der Waals surface area contributed by atoms with Crippen molar-refractivity contribution in [2.45, 2.75) is 95.7 Å². The molecule has 1 unspecified atom stereocenters. The summed E-state index contributed by atoms with van der Waals surface area (Å²) < 4.78 is 9.93. The number of carbonyl (C=O) groups excluding carboxylic acids is 1. The molecule has 0 saturated carbocycles. The van der Waals surface area contributed by atoms with Crippen LogP contribution in [-0.4, -0.2) is 52.5 Å². The van der Waals surface area contributed by atoms with Gasteiger partial charge in [0.2, 0.25) is 0 Å². The van der Waals surface area contributed by atoms with Crippen LogP contribution in [0.3, 0.4) is 0 Å². The van der Waals surface area contributed by atoms with E-state index in [1.807, 2.05) is 0 Å². The zero-order valence-corrected chi connectivity index (χ0v) is 14.2. The van der Waals surface area contributed by atoms with Gasteiger partial charge in [-0.3, -0.25) is 4.79 Å². The Morgan fingerprint density at radius 1 is 0.913 bits per heavy atom. The molecule has 6 nitrogen and oxygen atoms in total. The number of carbonyl (C=O) groups is 1. The molecule has 0 radical (unpaired) electrons. The van der Waals surface area contributed by atoms with Crippen molar-refractivity contribution in [2.24, 2.45) is 0 Å². The van der Waals surface area contributed by atoms with Crippen molar-refractivity contribution < 1.29 is 29.6 Å². The van der Waals surface area contributed by atoms with Crippen LogP contribution >= 0.6 is 0 Å². The van der Waals surface area contributed by atoms with Gasteiger partial charge in [0.05, 0.1) is 0 Å². The molecule has 1 aliphatic heterocycles. The van der Waals surface area contributed by atoms with Crippen LogP contribution in [0.15, 0.2) is 0 Å². The van der Waals surface area contributed by atoms with E-state index in [1.165, 1.54) is 38.5 Å². The van der Waals surface area contributed by atoms with E-state index in [-0.39, 0.29) is 12.6 Å². The van der Waals surface area contributed by atoms with Crippen LogP contribution in [0.25, 0.3) is 0 Å². The molecule has 1 fully saturated rings. The van der Waals surface area contributed by atoms with Crippen LogP contribution in [0.5, 0.6) is 0 Å². The average Bonchev–Trinajstić information content (AvgIpc) is 2.78. The largest absolute Gasteiger partial charge is 0.463 e. The van der Waals surface area contributed by atoms with Gasteiger partial charge in [-0.15, -0.1) is 0 Å². The van der Waals surface area contributed by atoms with E-state index in [0.29, 0.717) is 6.42 Å². The minimum atomic E-state index is -1.42. The lowest BCUT2D eigenvalue weighted by atomic mass is 10.1. The third kappa shape index (κ3) is 8.11. The van der Waals surface area contributed by atoms with Gasteiger partial charge in [-0.1, -0.05) is 58.3 Å². The lowest BCUT2D eigenvalue weighted by Gasteiger charge is -2.14. The van der Waals surface area contributed by atoms with Crippen molar-refractivity contribution in [3.63, 3.8) is 0 Å². The lowest BCUT2D eigenvalue weighted by molar-refractivity contribution is -0.157. The van der Waals surface area contributed by atoms with E-state index in [2.05, 4.69) is 6.92 Å². The van der Waals surface area contributed by atoms with Gasteiger partial charge in [0.25, 0.3) is 0 Å². The molecule has 1 rings (SSSR count).